The molecule has 0 bridgehead atoms. The summed E-state index contributed by atoms with van der Waals surface area (Å²) in [7, 11) is 1.47. The lowest BCUT2D eigenvalue weighted by Crippen LogP contribution is -2.43. The number of aromatic amines is 1. The number of nitrogens with one attached hydrogen (secondary N) is 3. The quantitative estimate of drug-likeness (QED) is 0.218. The molecule has 11 nitrogen and oxygen atoms in total. The van der Waals surface area contributed by atoms with E-state index in [2.05, 4.69) is 20.6 Å². The summed E-state index contributed by atoms with van der Waals surface area (Å²) in [4.78, 5) is 41.9. The molecule has 3 rings (SSSR count). The number of methoxy groups -OCH3 is 1. The summed E-state index contributed by atoms with van der Waals surface area (Å²) in [6.07, 6.45) is 3.76. The summed E-state index contributed by atoms with van der Waals surface area (Å²) in [5.74, 6) is -1.11. The van der Waals surface area contributed by atoms with Crippen molar-refractivity contribution in [2.45, 2.75) is 25.3 Å². The van der Waals surface area contributed by atoms with Gasteiger partial charge in [0.15, 0.2) is 11.5 Å². The molecule has 1 amide bonds. The minimum absolute atomic E-state index is 0.0537. The highest BCUT2D eigenvalue weighted by molar-refractivity contribution is 6.39. The third-order valence-corrected chi connectivity index (χ3v) is 5.70. The number of hydrogen-bond acceptors (Lipinski definition) is 8. The molecule has 13 heteroatoms. The average Bonchev–Trinajstić information content (AvgIpc) is 2.84. The molecular formula is C23H24Cl2N4O7. The van der Waals surface area contributed by atoms with E-state index in [-0.39, 0.29) is 23.1 Å². The van der Waals surface area contributed by atoms with Gasteiger partial charge in [-0.15, -0.1) is 0 Å². The topological polar surface area (TPSA) is 163 Å². The maximum Gasteiger partial charge on any atom is 0.328 e. The van der Waals surface area contributed by atoms with E-state index in [1.807, 2.05) is 0 Å². The molecule has 1 unspecified atom stereocenters. The number of carbonyl (C=O) groups excluding carboxylic acids is 1. The molecule has 0 aliphatic heterocycles. The maximum atomic E-state index is 12.5. The van der Waals surface area contributed by atoms with Gasteiger partial charge in [0.25, 0.3) is 5.56 Å². The normalized spacial score (nSPS) is 11.7. The number of anilines is 2. The summed E-state index contributed by atoms with van der Waals surface area (Å²) >= 11 is 12.4. The number of unbranched alkanes of at least 4 members (excludes halogenated alkanes) is 1. The van der Waals surface area contributed by atoms with Gasteiger partial charge in [-0.05, 0) is 25.0 Å². The SMILES string of the molecule is COc1ccc2c(Nc3c(Cl)cncc3Cl)cc(=O)[nH]c2c1OCCCCC(=O)NC(CO)C(=O)O. The highest BCUT2D eigenvalue weighted by Crippen LogP contribution is 2.39. The number of carboxylic acids is 1. The van der Waals surface area contributed by atoms with Crippen LogP contribution in [0.5, 0.6) is 11.5 Å². The molecule has 0 fully saturated rings. The number of aliphatic hydroxyl groups excluding tert-OH is 1. The van der Waals surface area contributed by atoms with Gasteiger partial charge in [0.1, 0.15) is 6.04 Å². The van der Waals surface area contributed by atoms with Crippen LogP contribution in [-0.2, 0) is 9.59 Å². The van der Waals surface area contributed by atoms with E-state index >= 15 is 0 Å². The summed E-state index contributed by atoms with van der Waals surface area (Å²) in [5.41, 5.74) is 0.807. The molecule has 2 heterocycles. The summed E-state index contributed by atoms with van der Waals surface area (Å²) < 4.78 is 11.3. The Kier molecular flexibility index (Phi) is 9.34. The molecule has 0 radical (unpaired) electrons. The third kappa shape index (κ3) is 6.56. The van der Waals surface area contributed by atoms with Gasteiger partial charge in [-0.25, -0.2) is 4.79 Å². The van der Waals surface area contributed by atoms with Crippen molar-refractivity contribution in [2.75, 3.05) is 25.6 Å². The van der Waals surface area contributed by atoms with Gasteiger partial charge in [-0.3, -0.25) is 14.6 Å². The molecule has 36 heavy (non-hydrogen) atoms. The van der Waals surface area contributed by atoms with Crippen LogP contribution >= 0.6 is 23.2 Å². The van der Waals surface area contributed by atoms with Crippen LogP contribution in [0.3, 0.4) is 0 Å². The van der Waals surface area contributed by atoms with Crippen LogP contribution in [0, 0.1) is 0 Å². The highest BCUT2D eigenvalue weighted by Gasteiger charge is 2.19. The predicted octanol–water partition coefficient (Wildman–Crippen LogP) is 3.09. The molecule has 1 aromatic carbocycles. The van der Waals surface area contributed by atoms with Crippen molar-refractivity contribution in [2.24, 2.45) is 0 Å². The third-order valence-electron chi connectivity index (χ3n) is 5.13. The first-order valence-corrected chi connectivity index (χ1v) is 11.6. The number of amides is 1. The number of aliphatic hydroxyl groups is 1. The minimum Gasteiger partial charge on any atom is -0.493 e. The lowest BCUT2D eigenvalue weighted by Gasteiger charge is -2.16. The lowest BCUT2D eigenvalue weighted by atomic mass is 10.1. The maximum absolute atomic E-state index is 12.5. The van der Waals surface area contributed by atoms with Crippen molar-refractivity contribution in [1.82, 2.24) is 15.3 Å². The number of ether oxygens (including phenoxy) is 2. The van der Waals surface area contributed by atoms with Crippen molar-refractivity contribution >= 4 is 57.4 Å². The number of carbonyl (C=O) groups is 2. The standard InChI is InChI=1S/C23H24Cl2N4O7/c1-35-17-6-5-12-15(28-21-13(24)9-26-10-14(21)25)8-19(32)29-20(12)22(17)36-7-3-2-4-18(31)27-16(11-30)23(33)34/h5-6,8-10,16,30H,2-4,7,11H2,1H3,(H,27,31)(H,33,34)(H2,26,28,29,32). The molecule has 0 aliphatic carbocycles. The van der Waals surface area contributed by atoms with Crippen LogP contribution in [0.25, 0.3) is 10.9 Å². The van der Waals surface area contributed by atoms with Crippen molar-refractivity contribution in [3.8, 4) is 11.5 Å². The Morgan fingerprint density at radius 1 is 1.19 bits per heavy atom. The van der Waals surface area contributed by atoms with Crippen LogP contribution in [0.1, 0.15) is 19.3 Å². The van der Waals surface area contributed by atoms with Gasteiger partial charge >= 0.3 is 5.97 Å². The summed E-state index contributed by atoms with van der Waals surface area (Å²) in [5, 5.41) is 24.4. The number of halogens is 2. The van der Waals surface area contributed by atoms with Crippen LogP contribution in [0.15, 0.2) is 35.4 Å². The number of hydrogen-bond donors (Lipinski definition) is 5. The fraction of sp³-hybridized carbons (Fsp3) is 0.304. The second-order valence-corrected chi connectivity index (χ2v) is 8.43. The van der Waals surface area contributed by atoms with Crippen molar-refractivity contribution in [1.29, 1.82) is 0 Å². The van der Waals surface area contributed by atoms with Gasteiger partial charge in [0, 0.05) is 30.3 Å². The molecule has 1 atom stereocenters. The number of H-pyrrole nitrogens is 1. The zero-order chi connectivity index (χ0) is 26.2. The van der Waals surface area contributed by atoms with E-state index in [1.54, 1.807) is 12.1 Å². The number of carboxylic acid groups (broad SMARTS) is 1. The van der Waals surface area contributed by atoms with Crippen LogP contribution in [-0.4, -0.2) is 58.4 Å². The van der Waals surface area contributed by atoms with Crippen molar-refractivity contribution in [3.63, 3.8) is 0 Å². The fourth-order valence-corrected chi connectivity index (χ4v) is 3.83. The number of aliphatic carboxylic acids is 1. The van der Waals surface area contributed by atoms with Gasteiger partial charge in [-0.1, -0.05) is 23.2 Å². The molecular weight excluding hydrogens is 515 g/mol. The Labute approximate surface area is 215 Å². The zero-order valence-electron chi connectivity index (χ0n) is 19.1. The Hall–Kier alpha value is -3.54. The molecule has 2 aromatic heterocycles. The molecule has 0 saturated carbocycles. The van der Waals surface area contributed by atoms with E-state index in [0.29, 0.717) is 46.6 Å². The van der Waals surface area contributed by atoms with Gasteiger partial charge in [-0.2, -0.15) is 0 Å². The Bertz CT molecular complexity index is 1300. The van der Waals surface area contributed by atoms with Crippen LogP contribution in [0.2, 0.25) is 10.0 Å². The smallest absolute Gasteiger partial charge is 0.328 e. The monoisotopic (exact) mass is 538 g/mol. The van der Waals surface area contributed by atoms with Gasteiger partial charge in [0.05, 0.1) is 47.3 Å². The molecule has 5 N–H and O–H groups in total. The predicted molar refractivity (Wildman–Crippen MR) is 135 cm³/mol. The van der Waals surface area contributed by atoms with Crippen molar-refractivity contribution in [3.05, 3.63) is 51.0 Å². The number of benzene rings is 1. The van der Waals surface area contributed by atoms with Gasteiger partial charge in [0.2, 0.25) is 5.91 Å². The zero-order valence-corrected chi connectivity index (χ0v) is 20.7. The first kappa shape index (κ1) is 27.1. The number of nitrogens with zero attached hydrogens (tertiary/aromatic N) is 1. The second kappa shape index (κ2) is 12.4. The van der Waals surface area contributed by atoms with E-state index in [4.69, 9.17) is 42.9 Å². The van der Waals surface area contributed by atoms with Gasteiger partial charge < -0.3 is 35.3 Å². The highest BCUT2D eigenvalue weighted by atomic mass is 35.5. The van der Waals surface area contributed by atoms with E-state index < -0.39 is 30.1 Å². The second-order valence-electron chi connectivity index (χ2n) is 7.62. The summed E-state index contributed by atoms with van der Waals surface area (Å²) in [6, 6.07) is 3.45. The number of aromatic nitrogens is 2. The minimum atomic E-state index is -1.34. The molecule has 0 saturated heterocycles. The first-order valence-electron chi connectivity index (χ1n) is 10.8. The fourth-order valence-electron chi connectivity index (χ4n) is 3.37. The van der Waals surface area contributed by atoms with Crippen LogP contribution < -0.4 is 25.7 Å². The lowest BCUT2D eigenvalue weighted by molar-refractivity contribution is -0.142. The van der Waals surface area contributed by atoms with E-state index in [1.165, 1.54) is 25.6 Å². The number of fused-ring (bicyclic) bond motifs is 1. The Morgan fingerprint density at radius 2 is 1.92 bits per heavy atom. The number of rotatable bonds is 12. The molecule has 3 aromatic rings. The van der Waals surface area contributed by atoms with E-state index in [0.717, 1.165) is 0 Å². The molecule has 192 valence electrons. The van der Waals surface area contributed by atoms with E-state index in [9.17, 15) is 14.4 Å². The van der Waals surface area contributed by atoms with Crippen LogP contribution in [0.4, 0.5) is 11.4 Å². The Morgan fingerprint density at radius 3 is 2.56 bits per heavy atom. The molecule has 0 aliphatic rings. The number of pyridine rings is 2. The Balaban J connectivity index is 1.76. The molecule has 0 spiro atoms. The largest absolute Gasteiger partial charge is 0.493 e. The summed E-state index contributed by atoms with van der Waals surface area (Å²) in [6.45, 7) is -0.507. The van der Waals surface area contributed by atoms with Crippen molar-refractivity contribution < 1.29 is 29.3 Å². The first-order chi connectivity index (χ1) is 17.2. The average molecular weight is 539 g/mol.